The number of esters is 1. The molecule has 2 atom stereocenters. The Morgan fingerprint density at radius 3 is 2.57 bits per heavy atom. The Morgan fingerprint density at radius 2 is 1.95 bits per heavy atom. The highest BCUT2D eigenvalue weighted by Crippen LogP contribution is 2.37. The van der Waals surface area contributed by atoms with Crippen LogP contribution in [0, 0.1) is 5.92 Å². The van der Waals surface area contributed by atoms with Gasteiger partial charge in [0.25, 0.3) is 0 Å². The first-order chi connectivity index (χ1) is 10.1. The van der Waals surface area contributed by atoms with Crippen molar-refractivity contribution in [1.29, 1.82) is 0 Å². The minimum atomic E-state index is -0.131. The van der Waals surface area contributed by atoms with Crippen molar-refractivity contribution in [1.82, 2.24) is 4.90 Å². The Hall–Kier alpha value is -1.75. The number of carbonyl (C=O) groups excluding carboxylic acids is 1. The summed E-state index contributed by atoms with van der Waals surface area (Å²) in [4.78, 5) is 14.3. The van der Waals surface area contributed by atoms with Crippen molar-refractivity contribution in [2.45, 2.75) is 12.8 Å². The molecular weight excluding hydrogens is 270 g/mol. The quantitative estimate of drug-likeness (QED) is 0.776. The van der Waals surface area contributed by atoms with Gasteiger partial charge in [-0.3, -0.25) is 4.79 Å². The molecule has 21 heavy (non-hydrogen) atoms. The average molecular weight is 293 g/mol. The van der Waals surface area contributed by atoms with Crippen LogP contribution >= 0.6 is 0 Å². The van der Waals surface area contributed by atoms with E-state index in [1.54, 1.807) is 14.2 Å². The van der Waals surface area contributed by atoms with Crippen LogP contribution in [0.4, 0.5) is 0 Å². The molecule has 0 spiro atoms. The topological polar surface area (TPSA) is 48.0 Å². The van der Waals surface area contributed by atoms with Crippen LogP contribution in [0.3, 0.4) is 0 Å². The highest BCUT2D eigenvalue weighted by Gasteiger charge is 2.38. The molecule has 1 aromatic rings. The third-order valence-corrected chi connectivity index (χ3v) is 3.93. The van der Waals surface area contributed by atoms with Crippen molar-refractivity contribution < 1.29 is 19.0 Å². The third kappa shape index (κ3) is 3.29. The van der Waals surface area contributed by atoms with E-state index in [1.165, 1.54) is 0 Å². The lowest BCUT2D eigenvalue weighted by Crippen LogP contribution is -2.24. The second kappa shape index (κ2) is 6.80. The molecule has 0 aliphatic carbocycles. The van der Waals surface area contributed by atoms with Crippen molar-refractivity contribution in [3.63, 3.8) is 0 Å². The van der Waals surface area contributed by atoms with Gasteiger partial charge in [0.15, 0.2) is 11.5 Å². The number of likely N-dealkylation sites (tertiary alicyclic amines) is 1. The second-order valence-corrected chi connectivity index (χ2v) is 5.30. The fraction of sp³-hybridized carbons (Fsp3) is 0.562. The monoisotopic (exact) mass is 293 g/mol. The zero-order chi connectivity index (χ0) is 15.4. The molecule has 2 rings (SSSR count). The maximum Gasteiger partial charge on any atom is 0.310 e. The standard InChI is InChI=1S/C16H23NO4/c1-5-21-16(18)13-10-17(2)9-12(13)11-6-7-14(19-3)15(8-11)20-4/h6-8,12-13H,5,9-10H2,1-4H3. The zero-order valence-corrected chi connectivity index (χ0v) is 13.1. The molecule has 1 saturated heterocycles. The smallest absolute Gasteiger partial charge is 0.310 e. The summed E-state index contributed by atoms with van der Waals surface area (Å²) >= 11 is 0. The number of nitrogens with zero attached hydrogens (tertiary/aromatic N) is 1. The van der Waals surface area contributed by atoms with Gasteiger partial charge in [-0.2, -0.15) is 0 Å². The summed E-state index contributed by atoms with van der Waals surface area (Å²) in [7, 11) is 5.25. The van der Waals surface area contributed by atoms with Gasteiger partial charge >= 0.3 is 5.97 Å². The molecule has 0 aromatic heterocycles. The molecular formula is C16H23NO4. The Kier molecular flexibility index (Phi) is 5.07. The Labute approximate surface area is 125 Å². The van der Waals surface area contributed by atoms with Gasteiger partial charge in [-0.1, -0.05) is 6.07 Å². The highest BCUT2D eigenvalue weighted by atomic mass is 16.5. The van der Waals surface area contributed by atoms with Gasteiger partial charge in [0, 0.05) is 19.0 Å². The van der Waals surface area contributed by atoms with Gasteiger partial charge < -0.3 is 19.1 Å². The minimum absolute atomic E-state index is 0.119. The maximum atomic E-state index is 12.1. The van der Waals surface area contributed by atoms with Gasteiger partial charge in [-0.05, 0) is 31.7 Å². The van der Waals surface area contributed by atoms with Crippen molar-refractivity contribution in [3.8, 4) is 11.5 Å². The first-order valence-corrected chi connectivity index (χ1v) is 7.17. The molecule has 5 nitrogen and oxygen atoms in total. The van der Waals surface area contributed by atoms with E-state index in [1.807, 2.05) is 32.2 Å². The van der Waals surface area contributed by atoms with Gasteiger partial charge in [-0.15, -0.1) is 0 Å². The summed E-state index contributed by atoms with van der Waals surface area (Å²) < 4.78 is 15.8. The number of ether oxygens (including phenoxy) is 3. The number of benzene rings is 1. The Bertz CT molecular complexity index is 503. The van der Waals surface area contributed by atoms with Gasteiger partial charge in [-0.25, -0.2) is 0 Å². The van der Waals surface area contributed by atoms with Crippen LogP contribution in [0.5, 0.6) is 11.5 Å². The maximum absolute atomic E-state index is 12.1. The van der Waals surface area contributed by atoms with Gasteiger partial charge in [0.2, 0.25) is 0 Å². The van der Waals surface area contributed by atoms with Crippen molar-refractivity contribution in [3.05, 3.63) is 23.8 Å². The van der Waals surface area contributed by atoms with Crippen LogP contribution in [-0.2, 0) is 9.53 Å². The van der Waals surface area contributed by atoms with Crippen LogP contribution in [0.1, 0.15) is 18.4 Å². The highest BCUT2D eigenvalue weighted by molar-refractivity contribution is 5.74. The van der Waals surface area contributed by atoms with Gasteiger partial charge in [0.1, 0.15) is 0 Å². The fourth-order valence-electron chi connectivity index (χ4n) is 2.91. The number of likely N-dealkylation sites (N-methyl/N-ethyl adjacent to an activating group) is 1. The lowest BCUT2D eigenvalue weighted by Gasteiger charge is -2.19. The second-order valence-electron chi connectivity index (χ2n) is 5.30. The molecule has 1 aromatic carbocycles. The van der Waals surface area contributed by atoms with E-state index >= 15 is 0 Å². The molecule has 0 saturated carbocycles. The van der Waals surface area contributed by atoms with E-state index < -0.39 is 0 Å². The average Bonchev–Trinajstić information content (AvgIpc) is 2.88. The summed E-state index contributed by atoms with van der Waals surface area (Å²) in [6.07, 6.45) is 0. The van der Waals surface area contributed by atoms with E-state index in [4.69, 9.17) is 14.2 Å². The number of methoxy groups -OCH3 is 2. The first-order valence-electron chi connectivity index (χ1n) is 7.17. The SMILES string of the molecule is CCOC(=O)C1CN(C)CC1c1ccc(OC)c(OC)c1. The van der Waals surface area contributed by atoms with E-state index in [0.29, 0.717) is 18.1 Å². The summed E-state index contributed by atoms with van der Waals surface area (Å²) in [5.41, 5.74) is 1.08. The van der Waals surface area contributed by atoms with Crippen LogP contribution in [0.15, 0.2) is 18.2 Å². The number of carbonyl (C=O) groups is 1. The predicted molar refractivity (Wildman–Crippen MR) is 79.9 cm³/mol. The molecule has 1 fully saturated rings. The van der Waals surface area contributed by atoms with E-state index in [-0.39, 0.29) is 17.8 Å². The predicted octanol–water partition coefficient (Wildman–Crippen LogP) is 1.91. The Morgan fingerprint density at radius 1 is 1.24 bits per heavy atom. The van der Waals surface area contributed by atoms with Crippen LogP contribution in [0.25, 0.3) is 0 Å². The molecule has 116 valence electrons. The molecule has 1 aliphatic rings. The molecule has 1 aliphatic heterocycles. The molecule has 0 bridgehead atoms. The summed E-state index contributed by atoms with van der Waals surface area (Å²) in [6, 6.07) is 5.83. The van der Waals surface area contributed by atoms with Crippen LogP contribution in [-0.4, -0.2) is 51.8 Å². The zero-order valence-electron chi connectivity index (χ0n) is 13.1. The minimum Gasteiger partial charge on any atom is -0.493 e. The fourth-order valence-corrected chi connectivity index (χ4v) is 2.91. The van der Waals surface area contributed by atoms with Crippen molar-refractivity contribution in [2.24, 2.45) is 5.92 Å². The first kappa shape index (κ1) is 15.6. The lowest BCUT2D eigenvalue weighted by molar-refractivity contribution is -0.147. The number of rotatable bonds is 5. The number of hydrogen-bond acceptors (Lipinski definition) is 5. The molecule has 0 radical (unpaired) electrons. The largest absolute Gasteiger partial charge is 0.493 e. The Balaban J connectivity index is 2.28. The lowest BCUT2D eigenvalue weighted by atomic mass is 9.89. The normalized spacial score (nSPS) is 22.1. The van der Waals surface area contributed by atoms with Crippen molar-refractivity contribution in [2.75, 3.05) is 41.0 Å². The van der Waals surface area contributed by atoms with E-state index in [2.05, 4.69) is 4.90 Å². The molecule has 2 unspecified atom stereocenters. The van der Waals surface area contributed by atoms with Crippen molar-refractivity contribution >= 4 is 5.97 Å². The molecule has 0 amide bonds. The van der Waals surface area contributed by atoms with Crippen LogP contribution < -0.4 is 9.47 Å². The summed E-state index contributed by atoms with van der Waals surface area (Å²) in [5, 5.41) is 0. The van der Waals surface area contributed by atoms with Crippen LogP contribution in [0.2, 0.25) is 0 Å². The molecule has 5 heteroatoms. The summed E-state index contributed by atoms with van der Waals surface area (Å²) in [6.45, 7) is 3.80. The van der Waals surface area contributed by atoms with Gasteiger partial charge in [0.05, 0.1) is 26.7 Å². The summed E-state index contributed by atoms with van der Waals surface area (Å²) in [5.74, 6) is 1.25. The number of hydrogen-bond donors (Lipinski definition) is 0. The third-order valence-electron chi connectivity index (χ3n) is 3.93. The van der Waals surface area contributed by atoms with E-state index in [0.717, 1.165) is 18.7 Å². The van der Waals surface area contributed by atoms with E-state index in [9.17, 15) is 4.79 Å². The molecule has 1 heterocycles. The molecule has 0 N–H and O–H groups in total.